The summed E-state index contributed by atoms with van der Waals surface area (Å²) in [5.41, 5.74) is -0.222. The second-order valence-electron chi connectivity index (χ2n) is 2.52. The van der Waals surface area contributed by atoms with Crippen molar-refractivity contribution < 1.29 is 13.3 Å². The number of nitrogens with zero attached hydrogens (tertiary/aromatic N) is 2. The van der Waals surface area contributed by atoms with Gasteiger partial charge in [-0.1, -0.05) is 6.92 Å². The Hall–Kier alpha value is -1.50. The van der Waals surface area contributed by atoms with E-state index in [2.05, 4.69) is 4.98 Å². The van der Waals surface area contributed by atoms with Crippen LogP contribution in [0.3, 0.4) is 0 Å². The molecule has 0 aliphatic rings. The number of hydrogen-bond acceptors (Lipinski definition) is 5. The Morgan fingerprint density at radius 2 is 2.14 bits per heavy atom. The van der Waals surface area contributed by atoms with Crippen LogP contribution in [0.5, 0.6) is 0 Å². The lowest BCUT2D eigenvalue weighted by atomic mass is 10.4. The average molecular weight is 216 g/mol. The minimum Gasteiger partial charge on any atom is -0.258 e. The maximum Gasteiger partial charge on any atom is 0.287 e. The van der Waals surface area contributed by atoms with Crippen molar-refractivity contribution in [2.24, 2.45) is 0 Å². The minimum absolute atomic E-state index is 0.0716. The third-order valence-corrected chi connectivity index (χ3v) is 3.27. The summed E-state index contributed by atoms with van der Waals surface area (Å²) in [5.74, 6) is -0.0716. The number of hydrogen-bond donors (Lipinski definition) is 0. The average Bonchev–Trinajstić information content (AvgIpc) is 2.18. The molecule has 0 aliphatic heterocycles. The molecular weight excluding hydrogens is 208 g/mol. The molecule has 0 unspecified atom stereocenters. The molecule has 0 amide bonds. The second kappa shape index (κ2) is 3.70. The summed E-state index contributed by atoms with van der Waals surface area (Å²) in [7, 11) is -3.37. The Balaban J connectivity index is 3.12. The Kier molecular flexibility index (Phi) is 2.80. The molecule has 7 heteroatoms. The zero-order chi connectivity index (χ0) is 10.8. The van der Waals surface area contributed by atoms with E-state index in [9.17, 15) is 18.5 Å². The highest BCUT2D eigenvalue weighted by molar-refractivity contribution is 7.91. The summed E-state index contributed by atoms with van der Waals surface area (Å²) in [4.78, 5) is 13.1. The summed E-state index contributed by atoms with van der Waals surface area (Å²) in [5, 5.41) is 10.1. The molecule has 76 valence electrons. The molecule has 0 saturated heterocycles. The molecule has 1 aromatic rings. The molecule has 1 aromatic heterocycles. The highest BCUT2D eigenvalue weighted by atomic mass is 32.2. The highest BCUT2D eigenvalue weighted by Gasteiger charge is 2.14. The predicted octanol–water partition coefficient (Wildman–Crippen LogP) is 0.783. The van der Waals surface area contributed by atoms with Crippen LogP contribution in [-0.4, -0.2) is 24.1 Å². The lowest BCUT2D eigenvalue weighted by Crippen LogP contribution is -2.05. The molecule has 14 heavy (non-hydrogen) atoms. The maximum absolute atomic E-state index is 11.2. The predicted molar refractivity (Wildman–Crippen MR) is 48.6 cm³/mol. The quantitative estimate of drug-likeness (QED) is 0.550. The second-order valence-corrected chi connectivity index (χ2v) is 4.74. The lowest BCUT2D eigenvalue weighted by molar-refractivity contribution is -0.385. The fourth-order valence-electron chi connectivity index (χ4n) is 0.812. The van der Waals surface area contributed by atoms with Gasteiger partial charge in [0.1, 0.15) is 6.20 Å². The van der Waals surface area contributed by atoms with Gasteiger partial charge < -0.3 is 0 Å². The van der Waals surface area contributed by atoms with Crippen molar-refractivity contribution in [1.82, 2.24) is 4.98 Å². The summed E-state index contributed by atoms with van der Waals surface area (Å²) in [6.07, 6.45) is 0.933. The molecule has 0 aromatic carbocycles. The monoisotopic (exact) mass is 216 g/mol. The summed E-state index contributed by atoms with van der Waals surface area (Å²) < 4.78 is 22.5. The number of sulfone groups is 1. The van der Waals surface area contributed by atoms with Crippen molar-refractivity contribution in [3.63, 3.8) is 0 Å². The molecule has 0 saturated carbocycles. The molecular formula is C7H8N2O4S. The first-order valence-electron chi connectivity index (χ1n) is 3.80. The largest absolute Gasteiger partial charge is 0.287 e. The van der Waals surface area contributed by atoms with Gasteiger partial charge >= 0.3 is 0 Å². The van der Waals surface area contributed by atoms with Crippen molar-refractivity contribution >= 4 is 15.5 Å². The van der Waals surface area contributed by atoms with Crippen LogP contribution >= 0.6 is 0 Å². The molecule has 0 aliphatic carbocycles. The fraction of sp³-hybridized carbons (Fsp3) is 0.286. The standard InChI is InChI=1S/C7H8N2O4S/c1-2-14(12,13)7-4-3-6(5-8-7)9(10)11/h3-5H,2H2,1H3. The van der Waals surface area contributed by atoms with Gasteiger partial charge in [0.2, 0.25) is 0 Å². The zero-order valence-corrected chi connectivity index (χ0v) is 8.19. The topological polar surface area (TPSA) is 90.2 Å². The first-order valence-corrected chi connectivity index (χ1v) is 5.46. The molecule has 0 bridgehead atoms. The fourth-order valence-corrected chi connectivity index (χ4v) is 1.60. The molecule has 0 N–H and O–H groups in total. The highest BCUT2D eigenvalue weighted by Crippen LogP contribution is 2.13. The molecule has 1 heterocycles. The van der Waals surface area contributed by atoms with Crippen molar-refractivity contribution in [2.45, 2.75) is 11.9 Å². The number of nitro groups is 1. The third-order valence-electron chi connectivity index (χ3n) is 1.63. The Morgan fingerprint density at radius 3 is 2.50 bits per heavy atom. The van der Waals surface area contributed by atoms with Gasteiger partial charge in [0, 0.05) is 6.07 Å². The maximum atomic E-state index is 11.2. The van der Waals surface area contributed by atoms with E-state index in [0.29, 0.717) is 0 Å². The van der Waals surface area contributed by atoms with Crippen LogP contribution in [0.2, 0.25) is 0 Å². The van der Waals surface area contributed by atoms with E-state index in [-0.39, 0.29) is 16.5 Å². The summed E-state index contributed by atoms with van der Waals surface area (Å²) >= 11 is 0. The van der Waals surface area contributed by atoms with Gasteiger partial charge in [0.05, 0.1) is 10.7 Å². The SMILES string of the molecule is CCS(=O)(=O)c1ccc([N+](=O)[O-])cn1. The van der Waals surface area contributed by atoms with Crippen LogP contribution in [0, 0.1) is 10.1 Å². The van der Waals surface area contributed by atoms with E-state index >= 15 is 0 Å². The van der Waals surface area contributed by atoms with Crippen LogP contribution in [0.15, 0.2) is 23.4 Å². The van der Waals surface area contributed by atoms with E-state index in [1.54, 1.807) is 0 Å². The Labute approximate surface area is 80.7 Å². The molecule has 0 atom stereocenters. The van der Waals surface area contributed by atoms with Crippen molar-refractivity contribution in [3.05, 3.63) is 28.4 Å². The van der Waals surface area contributed by atoms with Crippen molar-refractivity contribution in [3.8, 4) is 0 Å². The van der Waals surface area contributed by atoms with E-state index in [0.717, 1.165) is 18.3 Å². The van der Waals surface area contributed by atoms with E-state index in [4.69, 9.17) is 0 Å². The molecule has 1 rings (SSSR count). The van der Waals surface area contributed by atoms with Gasteiger partial charge in [-0.05, 0) is 6.07 Å². The van der Waals surface area contributed by atoms with E-state index < -0.39 is 14.8 Å². The van der Waals surface area contributed by atoms with E-state index in [1.165, 1.54) is 6.92 Å². The third kappa shape index (κ3) is 2.05. The molecule has 6 nitrogen and oxygen atoms in total. The van der Waals surface area contributed by atoms with Gasteiger partial charge in [0.25, 0.3) is 5.69 Å². The van der Waals surface area contributed by atoms with Gasteiger partial charge in [-0.15, -0.1) is 0 Å². The van der Waals surface area contributed by atoms with E-state index in [1.807, 2.05) is 0 Å². The van der Waals surface area contributed by atoms with Crippen LogP contribution in [-0.2, 0) is 9.84 Å². The van der Waals surface area contributed by atoms with Gasteiger partial charge in [0.15, 0.2) is 14.9 Å². The first kappa shape index (κ1) is 10.6. The number of pyridine rings is 1. The van der Waals surface area contributed by atoms with Crippen LogP contribution in [0.25, 0.3) is 0 Å². The number of rotatable bonds is 3. The zero-order valence-electron chi connectivity index (χ0n) is 7.37. The van der Waals surface area contributed by atoms with Gasteiger partial charge in [-0.2, -0.15) is 0 Å². The Morgan fingerprint density at radius 1 is 1.50 bits per heavy atom. The minimum atomic E-state index is -3.37. The Bertz CT molecular complexity index is 437. The molecule has 0 spiro atoms. The van der Waals surface area contributed by atoms with Gasteiger partial charge in [-0.25, -0.2) is 13.4 Å². The number of aromatic nitrogens is 1. The molecule has 0 fully saturated rings. The molecule has 0 radical (unpaired) electrons. The lowest BCUT2D eigenvalue weighted by Gasteiger charge is -1.98. The van der Waals surface area contributed by atoms with Crippen LogP contribution in [0.1, 0.15) is 6.92 Å². The normalized spacial score (nSPS) is 11.2. The smallest absolute Gasteiger partial charge is 0.258 e. The van der Waals surface area contributed by atoms with Crippen molar-refractivity contribution in [1.29, 1.82) is 0 Å². The van der Waals surface area contributed by atoms with Crippen molar-refractivity contribution in [2.75, 3.05) is 5.75 Å². The van der Waals surface area contributed by atoms with Crippen LogP contribution < -0.4 is 0 Å². The van der Waals surface area contributed by atoms with Crippen LogP contribution in [0.4, 0.5) is 5.69 Å². The summed E-state index contributed by atoms with van der Waals surface area (Å²) in [6.45, 7) is 1.48. The van der Waals surface area contributed by atoms with Gasteiger partial charge in [-0.3, -0.25) is 10.1 Å². The summed E-state index contributed by atoms with van der Waals surface area (Å²) in [6, 6.07) is 2.26. The first-order chi connectivity index (χ1) is 6.47.